The summed E-state index contributed by atoms with van der Waals surface area (Å²) in [6.07, 6.45) is 0. The largest absolute Gasteiger partial charge is 0.502 e. The Morgan fingerprint density at radius 3 is 2.75 bits per heavy atom. The lowest BCUT2D eigenvalue weighted by molar-refractivity contribution is -0.385. The summed E-state index contributed by atoms with van der Waals surface area (Å²) in [7, 11) is 1.98. The molecule has 1 aliphatic rings. The Morgan fingerprint density at radius 1 is 1.45 bits per heavy atom. The lowest BCUT2D eigenvalue weighted by Gasteiger charge is -2.38. The van der Waals surface area contributed by atoms with Crippen molar-refractivity contribution in [3.8, 4) is 5.75 Å². The van der Waals surface area contributed by atoms with Crippen molar-refractivity contribution in [2.24, 2.45) is 0 Å². The first kappa shape index (κ1) is 14.3. The Morgan fingerprint density at radius 2 is 2.15 bits per heavy atom. The van der Waals surface area contributed by atoms with Crippen LogP contribution in [-0.4, -0.2) is 58.5 Å². The number of carbonyl (C=O) groups excluding carboxylic acids is 1. The second-order valence-corrected chi connectivity index (χ2v) is 5.04. The number of phenols is 1. The number of hydrogen-bond acceptors (Lipinski definition) is 5. The maximum atomic E-state index is 12.4. The predicted molar refractivity (Wildman–Crippen MR) is 72.8 cm³/mol. The van der Waals surface area contributed by atoms with Crippen molar-refractivity contribution in [3.63, 3.8) is 0 Å². The number of nitro groups is 1. The molecule has 1 aliphatic heterocycles. The molecule has 2 rings (SSSR count). The Kier molecular flexibility index (Phi) is 3.89. The van der Waals surface area contributed by atoms with E-state index in [1.807, 2.05) is 14.0 Å². The molecule has 1 amide bonds. The van der Waals surface area contributed by atoms with Gasteiger partial charge in [-0.3, -0.25) is 14.9 Å². The van der Waals surface area contributed by atoms with Gasteiger partial charge < -0.3 is 14.9 Å². The fraction of sp³-hybridized carbons (Fsp3) is 0.462. The molecule has 108 valence electrons. The summed E-state index contributed by atoms with van der Waals surface area (Å²) in [5, 5.41) is 20.7. The standard InChI is InChI=1S/C13H17N3O4/c1-9-8-14(2)6-7-15(9)13(18)10-4-3-5-11(12(10)17)16(19)20/h3-5,9,17H,6-8H2,1-2H3. The maximum absolute atomic E-state index is 12.4. The van der Waals surface area contributed by atoms with E-state index in [0.29, 0.717) is 6.54 Å². The maximum Gasteiger partial charge on any atom is 0.311 e. The smallest absolute Gasteiger partial charge is 0.311 e. The normalized spacial score (nSPS) is 19.9. The highest BCUT2D eigenvalue weighted by molar-refractivity contribution is 5.98. The molecule has 0 aliphatic carbocycles. The van der Waals surface area contributed by atoms with E-state index >= 15 is 0 Å². The average Bonchev–Trinajstić information content (AvgIpc) is 2.38. The highest BCUT2D eigenvalue weighted by Crippen LogP contribution is 2.30. The zero-order valence-electron chi connectivity index (χ0n) is 11.4. The van der Waals surface area contributed by atoms with Crippen molar-refractivity contribution < 1.29 is 14.8 Å². The quantitative estimate of drug-likeness (QED) is 0.646. The van der Waals surface area contributed by atoms with Gasteiger partial charge in [-0.25, -0.2) is 0 Å². The first-order chi connectivity index (χ1) is 9.41. The van der Waals surface area contributed by atoms with Crippen LogP contribution in [0.25, 0.3) is 0 Å². The molecule has 0 saturated carbocycles. The predicted octanol–water partition coefficient (Wildman–Crippen LogP) is 1.08. The van der Waals surface area contributed by atoms with Gasteiger partial charge in [0.15, 0.2) is 0 Å². The number of likely N-dealkylation sites (N-methyl/N-ethyl adjacent to an activating group) is 1. The van der Waals surface area contributed by atoms with E-state index in [9.17, 15) is 20.0 Å². The van der Waals surface area contributed by atoms with Crippen molar-refractivity contribution in [2.75, 3.05) is 26.7 Å². The summed E-state index contributed by atoms with van der Waals surface area (Å²) in [4.78, 5) is 26.3. The van der Waals surface area contributed by atoms with Gasteiger partial charge in [-0.1, -0.05) is 6.07 Å². The molecule has 1 heterocycles. The molecule has 1 fully saturated rings. The fourth-order valence-corrected chi connectivity index (χ4v) is 2.45. The van der Waals surface area contributed by atoms with Gasteiger partial charge >= 0.3 is 5.69 Å². The van der Waals surface area contributed by atoms with Crippen LogP contribution >= 0.6 is 0 Å². The van der Waals surface area contributed by atoms with Crippen molar-refractivity contribution in [2.45, 2.75) is 13.0 Å². The topological polar surface area (TPSA) is 86.9 Å². The lowest BCUT2D eigenvalue weighted by Crippen LogP contribution is -2.52. The number of rotatable bonds is 2. The zero-order valence-corrected chi connectivity index (χ0v) is 11.4. The fourth-order valence-electron chi connectivity index (χ4n) is 2.45. The van der Waals surface area contributed by atoms with Crippen LogP contribution in [0.2, 0.25) is 0 Å². The van der Waals surface area contributed by atoms with Gasteiger partial charge in [0, 0.05) is 31.7 Å². The Bertz CT molecular complexity index is 546. The highest BCUT2D eigenvalue weighted by Gasteiger charge is 2.30. The second-order valence-electron chi connectivity index (χ2n) is 5.04. The number of nitro benzene ring substituents is 1. The van der Waals surface area contributed by atoms with E-state index in [2.05, 4.69) is 4.90 Å². The minimum absolute atomic E-state index is 0.0000813. The molecule has 0 spiro atoms. The lowest BCUT2D eigenvalue weighted by atomic mass is 10.1. The zero-order chi connectivity index (χ0) is 14.9. The number of nitrogens with zero attached hydrogens (tertiary/aromatic N) is 3. The van der Waals surface area contributed by atoms with Gasteiger partial charge in [-0.15, -0.1) is 0 Å². The Hall–Kier alpha value is -2.15. The van der Waals surface area contributed by atoms with E-state index < -0.39 is 16.4 Å². The third-order valence-electron chi connectivity index (χ3n) is 3.53. The molecule has 0 aromatic heterocycles. The molecule has 1 N–H and O–H groups in total. The Labute approximate surface area is 116 Å². The molecule has 1 saturated heterocycles. The monoisotopic (exact) mass is 279 g/mol. The molecule has 0 bridgehead atoms. The first-order valence-corrected chi connectivity index (χ1v) is 6.37. The van der Waals surface area contributed by atoms with Crippen LogP contribution in [-0.2, 0) is 0 Å². The van der Waals surface area contributed by atoms with E-state index in [-0.39, 0.29) is 17.5 Å². The van der Waals surface area contributed by atoms with Crippen LogP contribution in [0.15, 0.2) is 18.2 Å². The van der Waals surface area contributed by atoms with E-state index in [0.717, 1.165) is 13.1 Å². The van der Waals surface area contributed by atoms with Crippen LogP contribution in [0.5, 0.6) is 5.75 Å². The molecule has 1 aromatic carbocycles. The number of benzene rings is 1. The Balaban J connectivity index is 2.30. The highest BCUT2D eigenvalue weighted by atomic mass is 16.6. The minimum atomic E-state index is -0.695. The van der Waals surface area contributed by atoms with Gasteiger partial charge in [0.25, 0.3) is 5.91 Å². The molecule has 1 aromatic rings. The number of aromatic hydroxyl groups is 1. The number of piperazine rings is 1. The third kappa shape index (κ3) is 2.57. The molecule has 1 unspecified atom stereocenters. The summed E-state index contributed by atoms with van der Waals surface area (Å²) < 4.78 is 0. The van der Waals surface area contributed by atoms with Crippen LogP contribution in [0.1, 0.15) is 17.3 Å². The van der Waals surface area contributed by atoms with Gasteiger partial charge in [0.05, 0.1) is 10.5 Å². The van der Waals surface area contributed by atoms with Crippen LogP contribution in [0.4, 0.5) is 5.69 Å². The number of amides is 1. The average molecular weight is 279 g/mol. The molecule has 0 radical (unpaired) electrons. The number of carbonyl (C=O) groups is 1. The summed E-state index contributed by atoms with van der Waals surface area (Å²) in [6, 6.07) is 4.00. The van der Waals surface area contributed by atoms with Gasteiger partial charge in [0.1, 0.15) is 0 Å². The first-order valence-electron chi connectivity index (χ1n) is 6.37. The van der Waals surface area contributed by atoms with E-state index in [4.69, 9.17) is 0 Å². The van der Waals surface area contributed by atoms with E-state index in [1.165, 1.54) is 18.2 Å². The van der Waals surface area contributed by atoms with Gasteiger partial charge in [0.2, 0.25) is 5.75 Å². The molecule has 7 heteroatoms. The SMILES string of the molecule is CC1CN(C)CCN1C(=O)c1cccc([N+](=O)[O-])c1O. The van der Waals surface area contributed by atoms with Crippen molar-refractivity contribution in [1.29, 1.82) is 0 Å². The number of para-hydroxylation sites is 1. The van der Waals surface area contributed by atoms with Crippen LogP contribution in [0.3, 0.4) is 0 Å². The van der Waals surface area contributed by atoms with E-state index in [1.54, 1.807) is 4.90 Å². The number of hydrogen-bond donors (Lipinski definition) is 1. The minimum Gasteiger partial charge on any atom is -0.502 e. The summed E-state index contributed by atoms with van der Waals surface area (Å²) >= 11 is 0. The third-order valence-corrected chi connectivity index (χ3v) is 3.53. The molecular formula is C13H17N3O4. The summed E-state index contributed by atoms with van der Waals surface area (Å²) in [5.74, 6) is -0.930. The summed E-state index contributed by atoms with van der Waals surface area (Å²) in [6.45, 7) is 3.94. The van der Waals surface area contributed by atoms with Gasteiger partial charge in [-0.2, -0.15) is 0 Å². The second kappa shape index (κ2) is 5.46. The number of phenolic OH excluding ortho intramolecular Hbond substituents is 1. The summed E-state index contributed by atoms with van der Waals surface area (Å²) in [5.41, 5.74) is -0.465. The van der Waals surface area contributed by atoms with Crippen molar-refractivity contribution >= 4 is 11.6 Å². The van der Waals surface area contributed by atoms with Crippen molar-refractivity contribution in [1.82, 2.24) is 9.80 Å². The van der Waals surface area contributed by atoms with Crippen molar-refractivity contribution in [3.05, 3.63) is 33.9 Å². The molecule has 7 nitrogen and oxygen atoms in total. The van der Waals surface area contributed by atoms with Crippen LogP contribution in [0, 0.1) is 10.1 Å². The molecule has 20 heavy (non-hydrogen) atoms. The van der Waals surface area contributed by atoms with Gasteiger partial charge in [-0.05, 0) is 20.0 Å². The molecule has 1 atom stereocenters. The molecular weight excluding hydrogens is 262 g/mol. The van der Waals surface area contributed by atoms with Crippen LogP contribution < -0.4 is 0 Å².